The van der Waals surface area contributed by atoms with Gasteiger partial charge in [0.1, 0.15) is 4.90 Å². The van der Waals surface area contributed by atoms with E-state index in [9.17, 15) is 18.3 Å². The molecule has 2 aromatic rings. The molecule has 1 N–H and O–H groups in total. The van der Waals surface area contributed by atoms with Gasteiger partial charge in [0.2, 0.25) is 0 Å². The van der Waals surface area contributed by atoms with Crippen LogP contribution in [0.1, 0.15) is 22.0 Å². The van der Waals surface area contributed by atoms with E-state index in [1.54, 1.807) is 42.5 Å². The lowest BCUT2D eigenvalue weighted by atomic mass is 10.1. The Labute approximate surface area is 122 Å². The van der Waals surface area contributed by atoms with Gasteiger partial charge >= 0.3 is 0 Å². The van der Waals surface area contributed by atoms with E-state index in [2.05, 4.69) is 0 Å². The summed E-state index contributed by atoms with van der Waals surface area (Å²) in [6, 6.07) is 14.7. The van der Waals surface area contributed by atoms with Gasteiger partial charge in [-0.15, -0.1) is 0 Å². The highest BCUT2D eigenvalue weighted by Gasteiger charge is 2.41. The number of hydrogen-bond acceptors (Lipinski definition) is 4. The molecule has 1 aliphatic rings. The molecule has 3 rings (SSSR count). The van der Waals surface area contributed by atoms with Gasteiger partial charge in [-0.1, -0.05) is 42.5 Å². The average Bonchev–Trinajstić information content (AvgIpc) is 2.70. The third-order valence-electron chi connectivity index (χ3n) is 3.44. The molecule has 1 heterocycles. The van der Waals surface area contributed by atoms with Gasteiger partial charge in [0.05, 0.1) is 18.2 Å². The zero-order chi connectivity index (χ0) is 15.0. The molecule has 108 valence electrons. The molecule has 6 heteroatoms. The zero-order valence-corrected chi connectivity index (χ0v) is 11.8. The quantitative estimate of drug-likeness (QED) is 0.934. The number of aliphatic hydroxyl groups is 1. The highest BCUT2D eigenvalue weighted by molar-refractivity contribution is 7.90. The number of sulfonamides is 1. The number of aliphatic hydroxyl groups excluding tert-OH is 1. The van der Waals surface area contributed by atoms with Crippen LogP contribution in [0.3, 0.4) is 0 Å². The van der Waals surface area contributed by atoms with Crippen molar-refractivity contribution in [3.05, 3.63) is 65.7 Å². The molecule has 0 saturated heterocycles. The second kappa shape index (κ2) is 4.98. The number of nitrogens with zero attached hydrogens (tertiary/aromatic N) is 1. The summed E-state index contributed by atoms with van der Waals surface area (Å²) in [7, 11) is -3.87. The molecule has 5 nitrogen and oxygen atoms in total. The lowest BCUT2D eigenvalue weighted by Gasteiger charge is -2.19. The Balaban J connectivity index is 1.93. The smallest absolute Gasteiger partial charge is 0.269 e. The maximum Gasteiger partial charge on any atom is 0.269 e. The summed E-state index contributed by atoms with van der Waals surface area (Å²) >= 11 is 0. The summed E-state index contributed by atoms with van der Waals surface area (Å²) in [5.41, 5.74) is 0.717. The van der Waals surface area contributed by atoms with Crippen LogP contribution in [-0.2, 0) is 10.0 Å². The van der Waals surface area contributed by atoms with E-state index in [4.69, 9.17) is 0 Å². The Morgan fingerprint density at radius 1 is 1.00 bits per heavy atom. The number of hydrogen-bond donors (Lipinski definition) is 1. The third kappa shape index (κ3) is 2.22. The maximum absolute atomic E-state index is 12.4. The highest BCUT2D eigenvalue weighted by Crippen LogP contribution is 2.31. The summed E-state index contributed by atoms with van der Waals surface area (Å²) in [6.45, 7) is -0.292. The molecule has 1 unspecified atom stereocenters. The zero-order valence-electron chi connectivity index (χ0n) is 11.0. The first-order valence-electron chi connectivity index (χ1n) is 6.41. The Morgan fingerprint density at radius 3 is 2.29 bits per heavy atom. The minimum Gasteiger partial charge on any atom is -0.387 e. The lowest BCUT2D eigenvalue weighted by Crippen LogP contribution is -2.34. The van der Waals surface area contributed by atoms with Crippen molar-refractivity contribution in [1.82, 2.24) is 4.31 Å². The van der Waals surface area contributed by atoms with Crippen LogP contribution >= 0.6 is 0 Å². The van der Waals surface area contributed by atoms with Crippen LogP contribution < -0.4 is 0 Å². The fourth-order valence-corrected chi connectivity index (χ4v) is 3.92. The van der Waals surface area contributed by atoms with E-state index in [0.717, 1.165) is 4.31 Å². The molecule has 0 bridgehead atoms. The second-order valence-corrected chi connectivity index (χ2v) is 6.59. The Kier molecular flexibility index (Phi) is 3.27. The molecule has 0 saturated carbocycles. The van der Waals surface area contributed by atoms with E-state index in [-0.39, 0.29) is 17.0 Å². The van der Waals surface area contributed by atoms with Crippen molar-refractivity contribution in [1.29, 1.82) is 0 Å². The van der Waals surface area contributed by atoms with Crippen LogP contribution in [0.4, 0.5) is 0 Å². The topological polar surface area (TPSA) is 74.7 Å². The van der Waals surface area contributed by atoms with Gasteiger partial charge in [-0.05, 0) is 17.7 Å². The van der Waals surface area contributed by atoms with Crippen molar-refractivity contribution in [3.63, 3.8) is 0 Å². The molecule has 0 aromatic heterocycles. The molecular weight excluding hydrogens is 290 g/mol. The van der Waals surface area contributed by atoms with Crippen molar-refractivity contribution in [2.45, 2.75) is 11.0 Å². The van der Waals surface area contributed by atoms with Crippen LogP contribution in [0.15, 0.2) is 59.5 Å². The molecule has 1 atom stereocenters. The van der Waals surface area contributed by atoms with Gasteiger partial charge in [0.25, 0.3) is 15.9 Å². The normalized spacial score (nSPS) is 17.6. The Bertz CT molecular complexity index is 786. The molecule has 0 spiro atoms. The van der Waals surface area contributed by atoms with Crippen molar-refractivity contribution in [3.8, 4) is 0 Å². The van der Waals surface area contributed by atoms with Crippen molar-refractivity contribution in [2.24, 2.45) is 0 Å². The molecule has 0 radical (unpaired) electrons. The van der Waals surface area contributed by atoms with Crippen molar-refractivity contribution in [2.75, 3.05) is 6.54 Å². The summed E-state index contributed by atoms with van der Waals surface area (Å²) < 4.78 is 25.4. The number of β-amino-alcohol motifs (C(OH)–C–C–N with tert-alkyl or cyclic N) is 1. The molecule has 0 fully saturated rings. The lowest BCUT2D eigenvalue weighted by molar-refractivity contribution is 0.0793. The minimum atomic E-state index is -3.87. The van der Waals surface area contributed by atoms with Gasteiger partial charge in [-0.2, -0.15) is 0 Å². The SMILES string of the molecule is O=C1c2ccccc2S(=O)(=O)N1CC(O)c1ccccc1. The molecule has 1 aliphatic heterocycles. The Morgan fingerprint density at radius 2 is 1.62 bits per heavy atom. The second-order valence-electron chi connectivity index (χ2n) is 4.76. The number of carbonyl (C=O) groups is 1. The fourth-order valence-electron chi connectivity index (χ4n) is 2.35. The van der Waals surface area contributed by atoms with Gasteiger partial charge < -0.3 is 5.11 Å². The maximum atomic E-state index is 12.4. The standard InChI is InChI=1S/C15H13NO4S/c17-13(11-6-2-1-3-7-11)10-16-15(18)12-8-4-5-9-14(12)21(16,19)20/h1-9,13,17H,10H2. The first-order valence-corrected chi connectivity index (χ1v) is 7.85. The van der Waals surface area contributed by atoms with E-state index >= 15 is 0 Å². The van der Waals surface area contributed by atoms with Crippen LogP contribution in [0.5, 0.6) is 0 Å². The number of amides is 1. The summed E-state index contributed by atoms with van der Waals surface area (Å²) in [6.07, 6.45) is -1.06. The predicted octanol–water partition coefficient (Wildman–Crippen LogP) is 1.56. The fraction of sp³-hybridized carbons (Fsp3) is 0.133. The third-order valence-corrected chi connectivity index (χ3v) is 5.24. The molecule has 1 amide bonds. The van der Waals surface area contributed by atoms with Gasteiger partial charge in [0.15, 0.2) is 0 Å². The van der Waals surface area contributed by atoms with E-state index < -0.39 is 22.0 Å². The number of benzene rings is 2. The van der Waals surface area contributed by atoms with E-state index in [0.29, 0.717) is 5.56 Å². The average molecular weight is 303 g/mol. The minimum absolute atomic E-state index is 0.00439. The molecular formula is C15H13NO4S. The Hall–Kier alpha value is -2.18. The largest absolute Gasteiger partial charge is 0.387 e. The summed E-state index contributed by atoms with van der Waals surface area (Å²) in [5, 5.41) is 10.2. The predicted molar refractivity (Wildman–Crippen MR) is 76.1 cm³/mol. The van der Waals surface area contributed by atoms with Crippen molar-refractivity contribution >= 4 is 15.9 Å². The van der Waals surface area contributed by atoms with Crippen LogP contribution in [0.2, 0.25) is 0 Å². The highest BCUT2D eigenvalue weighted by atomic mass is 32.2. The number of fused-ring (bicyclic) bond motifs is 1. The van der Waals surface area contributed by atoms with Crippen molar-refractivity contribution < 1.29 is 18.3 Å². The molecule has 2 aromatic carbocycles. The van der Waals surface area contributed by atoms with E-state index in [1.165, 1.54) is 12.1 Å². The summed E-state index contributed by atoms with van der Waals surface area (Å²) in [5.74, 6) is -0.597. The van der Waals surface area contributed by atoms with Gasteiger partial charge in [-0.25, -0.2) is 12.7 Å². The van der Waals surface area contributed by atoms with Gasteiger partial charge in [0, 0.05) is 0 Å². The molecule has 0 aliphatic carbocycles. The van der Waals surface area contributed by atoms with Crippen LogP contribution in [-0.4, -0.2) is 30.3 Å². The number of carbonyl (C=O) groups excluding carboxylic acids is 1. The van der Waals surface area contributed by atoms with Crippen LogP contribution in [0.25, 0.3) is 0 Å². The van der Waals surface area contributed by atoms with E-state index in [1.807, 2.05) is 0 Å². The summed E-state index contributed by atoms with van der Waals surface area (Å²) in [4.78, 5) is 12.2. The first kappa shape index (κ1) is 13.8. The molecule has 21 heavy (non-hydrogen) atoms. The first-order chi connectivity index (χ1) is 10.0. The monoisotopic (exact) mass is 303 g/mol. The van der Waals surface area contributed by atoms with Gasteiger partial charge in [-0.3, -0.25) is 4.79 Å². The number of rotatable bonds is 3. The van der Waals surface area contributed by atoms with Crippen LogP contribution in [0, 0.1) is 0 Å².